The lowest BCUT2D eigenvalue weighted by molar-refractivity contribution is -0.0265. The smallest absolute Gasteiger partial charge is 0.191 e. The van der Waals surface area contributed by atoms with E-state index in [1.165, 1.54) is 17.5 Å². The van der Waals surface area contributed by atoms with E-state index >= 15 is 0 Å². The predicted molar refractivity (Wildman–Crippen MR) is 116 cm³/mol. The van der Waals surface area contributed by atoms with E-state index in [0.29, 0.717) is 5.92 Å². The maximum atomic E-state index is 6.08. The fraction of sp³-hybridized carbons (Fsp3) is 0.611. The molecular formula is C18H30IN3OS. The van der Waals surface area contributed by atoms with Gasteiger partial charge in [-0.1, -0.05) is 29.8 Å². The number of aryl methyl sites for hydroxylation is 1. The standard InChI is InChI=1S/C18H29N3OS.HI/c1-14-6-8-15(9-7-14)17-16(5-4-11-22-17)13-21-18(19-2)20-10-12-23-3;/h6-9,16-17H,4-5,10-13H2,1-3H3,(H2,19,20,21);1H. The third kappa shape index (κ3) is 6.80. The molecule has 0 spiro atoms. The van der Waals surface area contributed by atoms with Crippen LogP contribution >= 0.6 is 35.7 Å². The minimum atomic E-state index is 0. The number of rotatable bonds is 6. The van der Waals surface area contributed by atoms with E-state index in [9.17, 15) is 0 Å². The second-order valence-electron chi connectivity index (χ2n) is 5.98. The maximum absolute atomic E-state index is 6.08. The van der Waals surface area contributed by atoms with Gasteiger partial charge in [0.05, 0.1) is 6.10 Å². The number of nitrogens with one attached hydrogen (secondary N) is 2. The van der Waals surface area contributed by atoms with Gasteiger partial charge in [-0.25, -0.2) is 0 Å². The van der Waals surface area contributed by atoms with Crippen molar-refractivity contribution in [3.8, 4) is 0 Å². The number of hydrogen-bond acceptors (Lipinski definition) is 3. The van der Waals surface area contributed by atoms with Crippen LogP contribution in [0.2, 0.25) is 0 Å². The normalized spacial score (nSPS) is 21.0. The molecule has 2 unspecified atom stereocenters. The zero-order valence-electron chi connectivity index (χ0n) is 14.9. The molecule has 136 valence electrons. The summed E-state index contributed by atoms with van der Waals surface area (Å²) >= 11 is 1.83. The van der Waals surface area contributed by atoms with E-state index in [1.54, 1.807) is 0 Å². The molecule has 2 atom stereocenters. The lowest BCUT2D eigenvalue weighted by Crippen LogP contribution is -2.42. The number of thioether (sulfide) groups is 1. The van der Waals surface area contributed by atoms with E-state index in [0.717, 1.165) is 37.8 Å². The van der Waals surface area contributed by atoms with Gasteiger partial charge in [0, 0.05) is 38.4 Å². The van der Waals surface area contributed by atoms with Gasteiger partial charge in [0.15, 0.2) is 5.96 Å². The molecule has 0 saturated carbocycles. The summed E-state index contributed by atoms with van der Waals surface area (Å²) in [6.07, 6.45) is 4.62. The third-order valence-corrected chi connectivity index (χ3v) is 4.82. The van der Waals surface area contributed by atoms with E-state index in [2.05, 4.69) is 53.1 Å². The SMILES string of the molecule is CN=C(NCCSC)NCC1CCCOC1c1ccc(C)cc1.I. The Hall–Kier alpha value is -0.470. The van der Waals surface area contributed by atoms with Crippen molar-refractivity contribution in [3.05, 3.63) is 35.4 Å². The maximum Gasteiger partial charge on any atom is 0.191 e. The Morgan fingerprint density at radius 3 is 2.71 bits per heavy atom. The fourth-order valence-electron chi connectivity index (χ4n) is 2.90. The largest absolute Gasteiger partial charge is 0.373 e. The van der Waals surface area contributed by atoms with Crippen LogP contribution in [0, 0.1) is 12.8 Å². The van der Waals surface area contributed by atoms with Crippen LogP contribution in [-0.4, -0.2) is 44.7 Å². The summed E-state index contributed by atoms with van der Waals surface area (Å²) in [5, 5.41) is 6.81. The Morgan fingerprint density at radius 2 is 2.04 bits per heavy atom. The van der Waals surface area contributed by atoms with Crippen LogP contribution in [0.1, 0.15) is 30.1 Å². The highest BCUT2D eigenvalue weighted by molar-refractivity contribution is 14.0. The van der Waals surface area contributed by atoms with Crippen LogP contribution in [0.3, 0.4) is 0 Å². The molecule has 1 fully saturated rings. The van der Waals surface area contributed by atoms with Gasteiger partial charge in [-0.15, -0.1) is 24.0 Å². The zero-order valence-corrected chi connectivity index (χ0v) is 18.0. The van der Waals surface area contributed by atoms with Crippen molar-refractivity contribution in [1.82, 2.24) is 10.6 Å². The topological polar surface area (TPSA) is 45.7 Å². The van der Waals surface area contributed by atoms with Gasteiger partial charge in [0.1, 0.15) is 0 Å². The highest BCUT2D eigenvalue weighted by Gasteiger charge is 2.27. The van der Waals surface area contributed by atoms with Gasteiger partial charge in [-0.05, 0) is 31.6 Å². The van der Waals surface area contributed by atoms with Gasteiger partial charge in [-0.3, -0.25) is 4.99 Å². The van der Waals surface area contributed by atoms with Crippen molar-refractivity contribution in [2.24, 2.45) is 10.9 Å². The number of aliphatic imine (C=N–C) groups is 1. The number of halogens is 1. The highest BCUT2D eigenvalue weighted by atomic mass is 127. The lowest BCUT2D eigenvalue weighted by Gasteiger charge is -2.32. The molecule has 1 aliphatic rings. The summed E-state index contributed by atoms with van der Waals surface area (Å²) in [7, 11) is 1.82. The highest BCUT2D eigenvalue weighted by Crippen LogP contribution is 2.33. The first-order valence-electron chi connectivity index (χ1n) is 8.36. The van der Waals surface area contributed by atoms with Crippen molar-refractivity contribution < 1.29 is 4.74 Å². The quantitative estimate of drug-likeness (QED) is 0.293. The van der Waals surface area contributed by atoms with Crippen molar-refractivity contribution in [3.63, 3.8) is 0 Å². The van der Waals surface area contributed by atoms with Gasteiger partial charge < -0.3 is 15.4 Å². The molecule has 1 aromatic rings. The predicted octanol–water partition coefficient (Wildman–Crippen LogP) is 3.61. The molecule has 0 bridgehead atoms. The molecule has 0 aromatic heterocycles. The molecule has 2 rings (SSSR count). The van der Waals surface area contributed by atoms with Crippen LogP contribution in [0.5, 0.6) is 0 Å². The molecular weight excluding hydrogens is 433 g/mol. The molecule has 6 heteroatoms. The molecule has 0 radical (unpaired) electrons. The van der Waals surface area contributed by atoms with Gasteiger partial charge in [0.25, 0.3) is 0 Å². The number of ether oxygens (including phenoxy) is 1. The van der Waals surface area contributed by atoms with E-state index in [1.807, 2.05) is 18.8 Å². The zero-order chi connectivity index (χ0) is 16.5. The third-order valence-electron chi connectivity index (χ3n) is 4.20. The van der Waals surface area contributed by atoms with Crippen LogP contribution in [0.4, 0.5) is 0 Å². The van der Waals surface area contributed by atoms with Crippen LogP contribution in [0.15, 0.2) is 29.3 Å². The number of nitrogens with zero attached hydrogens (tertiary/aromatic N) is 1. The summed E-state index contributed by atoms with van der Waals surface area (Å²) in [5.41, 5.74) is 2.57. The van der Waals surface area contributed by atoms with Crippen molar-refractivity contribution in [2.45, 2.75) is 25.9 Å². The van der Waals surface area contributed by atoms with Crippen LogP contribution < -0.4 is 10.6 Å². The number of benzene rings is 1. The van der Waals surface area contributed by atoms with Gasteiger partial charge in [-0.2, -0.15) is 11.8 Å². The van der Waals surface area contributed by atoms with Crippen molar-refractivity contribution in [2.75, 3.05) is 38.8 Å². The van der Waals surface area contributed by atoms with Crippen molar-refractivity contribution >= 4 is 41.7 Å². The summed E-state index contributed by atoms with van der Waals surface area (Å²) in [6.45, 7) is 4.80. The molecule has 1 aromatic carbocycles. The number of guanidine groups is 1. The van der Waals surface area contributed by atoms with E-state index < -0.39 is 0 Å². The molecule has 2 N–H and O–H groups in total. The second kappa shape index (κ2) is 12.0. The molecule has 1 saturated heterocycles. The first-order valence-corrected chi connectivity index (χ1v) is 9.75. The molecule has 24 heavy (non-hydrogen) atoms. The summed E-state index contributed by atoms with van der Waals surface area (Å²) in [6, 6.07) is 8.73. The molecule has 1 heterocycles. The average molecular weight is 463 g/mol. The molecule has 1 aliphatic heterocycles. The monoisotopic (exact) mass is 463 g/mol. The van der Waals surface area contributed by atoms with E-state index in [-0.39, 0.29) is 30.1 Å². The molecule has 4 nitrogen and oxygen atoms in total. The second-order valence-corrected chi connectivity index (χ2v) is 6.96. The number of hydrogen-bond donors (Lipinski definition) is 2. The van der Waals surface area contributed by atoms with Crippen molar-refractivity contribution in [1.29, 1.82) is 0 Å². The van der Waals surface area contributed by atoms with Gasteiger partial charge in [0.2, 0.25) is 0 Å². The Kier molecular flexibility index (Phi) is 10.8. The van der Waals surface area contributed by atoms with Crippen LogP contribution in [-0.2, 0) is 4.74 Å². The first kappa shape index (κ1) is 21.6. The minimum Gasteiger partial charge on any atom is -0.373 e. The molecule has 0 aliphatic carbocycles. The Balaban J connectivity index is 0.00000288. The van der Waals surface area contributed by atoms with Crippen LogP contribution in [0.25, 0.3) is 0 Å². The average Bonchev–Trinajstić information content (AvgIpc) is 2.59. The lowest BCUT2D eigenvalue weighted by atomic mass is 9.89. The van der Waals surface area contributed by atoms with Gasteiger partial charge >= 0.3 is 0 Å². The Morgan fingerprint density at radius 1 is 1.29 bits per heavy atom. The molecule has 0 amide bonds. The minimum absolute atomic E-state index is 0. The fourth-order valence-corrected chi connectivity index (χ4v) is 3.20. The summed E-state index contributed by atoms with van der Waals surface area (Å²) < 4.78 is 6.08. The van der Waals surface area contributed by atoms with E-state index in [4.69, 9.17) is 4.74 Å². The first-order chi connectivity index (χ1) is 11.2. The Labute approximate surface area is 167 Å². The summed E-state index contributed by atoms with van der Waals surface area (Å²) in [5.74, 6) is 2.44. The Bertz CT molecular complexity index is 496. The summed E-state index contributed by atoms with van der Waals surface area (Å²) in [4.78, 5) is 4.30.